The van der Waals surface area contributed by atoms with Gasteiger partial charge in [-0.05, 0) is 72.6 Å². The smallest absolute Gasteiger partial charge is 0.0496 e. The van der Waals surface area contributed by atoms with E-state index in [9.17, 15) is 0 Å². The van der Waals surface area contributed by atoms with E-state index in [1.807, 2.05) is 0 Å². The Morgan fingerprint density at radius 2 is 1.26 bits per heavy atom. The summed E-state index contributed by atoms with van der Waals surface area (Å²) in [4.78, 5) is 0. The second-order valence-corrected chi connectivity index (χ2v) is 11.1. The zero-order valence-electron chi connectivity index (χ0n) is 20.7. The second kappa shape index (κ2) is 10.5. The Hall–Kier alpha value is -2.32. The van der Waals surface area contributed by atoms with Gasteiger partial charge in [0, 0.05) is 17.2 Å². The number of rotatable bonds is 6. The van der Waals surface area contributed by atoms with Gasteiger partial charge in [0.15, 0.2) is 0 Å². The molecule has 2 nitrogen and oxygen atoms in total. The Morgan fingerprint density at radius 1 is 0.706 bits per heavy atom. The highest BCUT2D eigenvalue weighted by Gasteiger charge is 2.46. The van der Waals surface area contributed by atoms with Crippen LogP contribution in [0.15, 0.2) is 83.6 Å². The maximum absolute atomic E-state index is 7.37. The summed E-state index contributed by atoms with van der Waals surface area (Å²) in [6.45, 7) is 0. The quantitative estimate of drug-likeness (QED) is 0.457. The number of nitrogens with two attached hydrogens (primary N) is 2. The summed E-state index contributed by atoms with van der Waals surface area (Å²) >= 11 is 0. The van der Waals surface area contributed by atoms with Crippen LogP contribution in [0.5, 0.6) is 0 Å². The monoisotopic (exact) mass is 454 g/mol. The minimum absolute atomic E-state index is 0.0456. The van der Waals surface area contributed by atoms with Gasteiger partial charge in [0.25, 0.3) is 0 Å². The molecule has 2 aromatic rings. The molecule has 2 fully saturated rings. The predicted octanol–water partition coefficient (Wildman–Crippen LogP) is 7.10. The van der Waals surface area contributed by atoms with Crippen molar-refractivity contribution in [2.24, 2.45) is 28.7 Å². The SMILES string of the molecule is NC1=C(C2CCCCC2)C(N)C(Cc2ccccc2)=CC1(Cc1ccccc1)C1CCCCC1. The first-order valence-corrected chi connectivity index (χ1v) is 13.7. The van der Waals surface area contributed by atoms with Crippen molar-refractivity contribution in [1.29, 1.82) is 0 Å². The second-order valence-electron chi connectivity index (χ2n) is 11.1. The summed E-state index contributed by atoms with van der Waals surface area (Å²) in [5.74, 6) is 1.14. The van der Waals surface area contributed by atoms with E-state index in [0.29, 0.717) is 11.8 Å². The molecule has 180 valence electrons. The average molecular weight is 455 g/mol. The molecule has 0 amide bonds. The van der Waals surface area contributed by atoms with Crippen molar-refractivity contribution in [3.63, 3.8) is 0 Å². The van der Waals surface area contributed by atoms with Gasteiger partial charge in [0.1, 0.15) is 0 Å². The molecular formula is C32H42N2. The lowest BCUT2D eigenvalue weighted by Crippen LogP contribution is -2.47. The third-order valence-corrected chi connectivity index (χ3v) is 8.96. The summed E-state index contributed by atoms with van der Waals surface area (Å²) in [6.07, 6.45) is 17.5. The molecule has 0 spiro atoms. The van der Waals surface area contributed by atoms with Crippen molar-refractivity contribution in [2.75, 3.05) is 0 Å². The fourth-order valence-electron chi connectivity index (χ4n) is 7.19. The van der Waals surface area contributed by atoms with Crippen LogP contribution in [0.1, 0.15) is 75.3 Å². The molecule has 0 aromatic heterocycles. The van der Waals surface area contributed by atoms with Gasteiger partial charge in [0.05, 0.1) is 0 Å². The Labute approximate surface area is 206 Å². The van der Waals surface area contributed by atoms with Crippen molar-refractivity contribution in [1.82, 2.24) is 0 Å². The van der Waals surface area contributed by atoms with Crippen LogP contribution in [0, 0.1) is 17.3 Å². The van der Waals surface area contributed by atoms with E-state index in [1.165, 1.54) is 86.5 Å². The van der Waals surface area contributed by atoms with Crippen molar-refractivity contribution in [3.8, 4) is 0 Å². The molecule has 2 atom stereocenters. The van der Waals surface area contributed by atoms with Crippen molar-refractivity contribution in [2.45, 2.75) is 83.1 Å². The molecule has 34 heavy (non-hydrogen) atoms. The predicted molar refractivity (Wildman–Crippen MR) is 143 cm³/mol. The van der Waals surface area contributed by atoms with E-state index in [0.717, 1.165) is 18.5 Å². The van der Waals surface area contributed by atoms with E-state index >= 15 is 0 Å². The summed E-state index contributed by atoms with van der Waals surface area (Å²) in [7, 11) is 0. The standard InChI is InChI=1S/C32H42N2/c33-30-27(21-24-13-5-1-6-14-24)23-32(28-19-11-4-12-20-28,22-25-15-7-2-8-16-25)31(34)29(30)26-17-9-3-10-18-26/h1-2,5-8,13-16,23,26,28,30H,3-4,9-12,17-22,33-34H2. The van der Waals surface area contributed by atoms with Crippen LogP contribution in [-0.2, 0) is 12.8 Å². The molecule has 0 aliphatic heterocycles. The van der Waals surface area contributed by atoms with Crippen LogP contribution < -0.4 is 11.5 Å². The van der Waals surface area contributed by atoms with Gasteiger partial charge in [-0.1, -0.05) is 105 Å². The lowest BCUT2D eigenvalue weighted by molar-refractivity contribution is 0.194. The first-order valence-electron chi connectivity index (χ1n) is 13.7. The summed E-state index contributed by atoms with van der Waals surface area (Å²) in [5, 5.41) is 0. The largest absolute Gasteiger partial charge is 0.401 e. The first kappa shape index (κ1) is 23.4. The molecule has 2 unspecified atom stereocenters. The van der Waals surface area contributed by atoms with Crippen LogP contribution in [0.2, 0.25) is 0 Å². The van der Waals surface area contributed by atoms with Gasteiger partial charge < -0.3 is 11.5 Å². The fourth-order valence-corrected chi connectivity index (χ4v) is 7.19. The van der Waals surface area contributed by atoms with Crippen LogP contribution in [0.4, 0.5) is 0 Å². The molecule has 0 saturated heterocycles. The zero-order chi connectivity index (χ0) is 23.4. The molecular weight excluding hydrogens is 412 g/mol. The zero-order valence-corrected chi connectivity index (χ0v) is 20.7. The number of hydrogen-bond acceptors (Lipinski definition) is 2. The van der Waals surface area contributed by atoms with Gasteiger partial charge in [0.2, 0.25) is 0 Å². The molecule has 3 aliphatic carbocycles. The van der Waals surface area contributed by atoms with Crippen LogP contribution in [-0.4, -0.2) is 6.04 Å². The van der Waals surface area contributed by atoms with Gasteiger partial charge in [-0.2, -0.15) is 0 Å². The molecule has 0 bridgehead atoms. The molecule has 2 aromatic carbocycles. The number of hydrogen-bond donors (Lipinski definition) is 2. The highest BCUT2D eigenvalue weighted by Crippen LogP contribution is 2.52. The van der Waals surface area contributed by atoms with Crippen LogP contribution >= 0.6 is 0 Å². The topological polar surface area (TPSA) is 52.0 Å². The summed E-state index contributed by atoms with van der Waals surface area (Å²) in [6, 6.07) is 21.9. The molecule has 5 rings (SSSR count). The molecule has 0 heterocycles. The normalized spacial score (nSPS) is 27.0. The number of benzene rings is 2. The maximum atomic E-state index is 7.37. The van der Waals surface area contributed by atoms with E-state index < -0.39 is 0 Å². The molecule has 0 radical (unpaired) electrons. The minimum atomic E-state index is -0.117. The highest BCUT2D eigenvalue weighted by molar-refractivity contribution is 5.46. The van der Waals surface area contributed by atoms with Crippen molar-refractivity contribution < 1.29 is 0 Å². The first-order chi connectivity index (χ1) is 16.7. The number of allylic oxidation sites excluding steroid dienone is 1. The highest BCUT2D eigenvalue weighted by atomic mass is 14.8. The van der Waals surface area contributed by atoms with E-state index in [2.05, 4.69) is 66.7 Å². The van der Waals surface area contributed by atoms with Gasteiger partial charge >= 0.3 is 0 Å². The minimum Gasteiger partial charge on any atom is -0.401 e. The van der Waals surface area contributed by atoms with E-state index in [-0.39, 0.29) is 11.5 Å². The van der Waals surface area contributed by atoms with Gasteiger partial charge in [-0.15, -0.1) is 0 Å². The van der Waals surface area contributed by atoms with E-state index in [4.69, 9.17) is 11.5 Å². The lowest BCUT2D eigenvalue weighted by atomic mass is 9.58. The molecule has 2 saturated carbocycles. The van der Waals surface area contributed by atoms with Gasteiger partial charge in [-0.3, -0.25) is 0 Å². The Bertz CT molecular complexity index is 994. The van der Waals surface area contributed by atoms with Crippen LogP contribution in [0.25, 0.3) is 0 Å². The van der Waals surface area contributed by atoms with Crippen LogP contribution in [0.3, 0.4) is 0 Å². The molecule has 3 aliphatic rings. The van der Waals surface area contributed by atoms with E-state index in [1.54, 1.807) is 0 Å². The van der Waals surface area contributed by atoms with Gasteiger partial charge in [-0.25, -0.2) is 0 Å². The fraction of sp³-hybridized carbons (Fsp3) is 0.500. The average Bonchev–Trinajstić information content (AvgIpc) is 2.89. The summed E-state index contributed by atoms with van der Waals surface area (Å²) < 4.78 is 0. The Kier molecular flexibility index (Phi) is 7.25. The lowest BCUT2D eigenvalue weighted by Gasteiger charge is -2.48. The Balaban J connectivity index is 1.64. The third kappa shape index (κ3) is 4.75. The molecule has 2 heteroatoms. The van der Waals surface area contributed by atoms with Crippen molar-refractivity contribution in [3.05, 3.63) is 94.7 Å². The Morgan fingerprint density at radius 3 is 1.88 bits per heavy atom. The third-order valence-electron chi connectivity index (χ3n) is 8.96. The summed E-state index contributed by atoms with van der Waals surface area (Å²) in [5.41, 5.74) is 21.1. The van der Waals surface area contributed by atoms with Crippen molar-refractivity contribution >= 4 is 0 Å². The molecule has 4 N–H and O–H groups in total. The maximum Gasteiger partial charge on any atom is 0.0496 e.